The molecular weight excluding hydrogens is 1290 g/mol. The molecule has 93 heavy (non-hydrogen) atoms. The second-order valence-electron chi connectivity index (χ2n) is 23.5. The maximum absolute atomic E-state index is 8.55. The third kappa shape index (κ3) is 17.9. The summed E-state index contributed by atoms with van der Waals surface area (Å²) in [6.45, 7) is 22.2. The maximum Gasteiger partial charge on any atom is 0.494 e. The van der Waals surface area contributed by atoms with E-state index in [1.807, 2.05) is 47.2 Å². The normalized spacial score (nSPS) is 16.5. The molecule has 480 valence electrons. The third-order valence-corrected chi connectivity index (χ3v) is 17.4. The number of hydrogen-bond acceptors (Lipinski definition) is 18. The van der Waals surface area contributed by atoms with Crippen molar-refractivity contribution in [3.63, 3.8) is 0 Å². The van der Waals surface area contributed by atoms with Gasteiger partial charge in [-0.3, -0.25) is 24.7 Å². The summed E-state index contributed by atoms with van der Waals surface area (Å²) in [5.74, 6) is 0. The standard InChI is InChI=1S/C22H21N5O.C17H26BNO3.C17H17ClN4O.C6H3BrClN3.C5H6BNO2/c1-3-19(4-2-17(1)16-26-11-13-28-14-12-26)21-15-24-22-6-5-20(25-27(21)22)18-7-9-23-10-8-18;1-16(2)17(3,4)22-18(21-16)15-7-5-14(6-8-15)13-19-9-11-20-12-10-19;18-16-5-6-17-19-11-15(22(17)20-16)14-3-1-13(2-4-14)12-21-7-9-23-10-8-21;7-4-3-9-6-2-1-5(8)10-11(4)6;8-6(9)5-1-3-7-4-2-5/h1-10,15H,11-14,16H2;5-8H,9-13H2,1-4H3;1-6,11H,7-10,12H2;1-3H;1-4,8-9H. The van der Waals surface area contributed by atoms with Crippen molar-refractivity contribution in [2.45, 2.75) is 58.5 Å². The van der Waals surface area contributed by atoms with Crippen LogP contribution >= 0.6 is 39.1 Å². The van der Waals surface area contributed by atoms with E-state index >= 15 is 0 Å². The van der Waals surface area contributed by atoms with Crippen LogP contribution in [0.5, 0.6) is 0 Å². The molecule has 21 nitrogen and oxygen atoms in total. The van der Waals surface area contributed by atoms with Crippen LogP contribution in [-0.4, -0.2) is 183 Å². The minimum absolute atomic E-state index is 0.276. The highest BCUT2D eigenvalue weighted by Crippen LogP contribution is 2.36. The summed E-state index contributed by atoms with van der Waals surface area (Å²) in [5, 5.41) is 31.2. The van der Waals surface area contributed by atoms with Crippen LogP contribution in [0, 0.1) is 0 Å². The summed E-state index contributed by atoms with van der Waals surface area (Å²) in [4.78, 5) is 28.0. The van der Waals surface area contributed by atoms with Gasteiger partial charge in [-0.15, -0.1) is 0 Å². The van der Waals surface area contributed by atoms with Crippen molar-refractivity contribution in [1.82, 2.24) is 68.5 Å². The second kappa shape index (κ2) is 31.7. The molecule has 3 aromatic carbocycles. The SMILES string of the molecule is CC1(C)OB(c2ccc(CN3CCOCC3)cc2)OC1(C)C.Clc1ccc2ncc(-c3ccc(CN4CCOCC4)cc3)n2n1.Clc1ccc2ncc(Br)n2n1.OB(O)c1ccncc1.c1cc(-c2ccc3ncc(-c4ccc(CN5CCOCC5)cc4)n3n2)ccn1. The van der Waals surface area contributed by atoms with Crippen LogP contribution in [0.15, 0.2) is 181 Å². The predicted octanol–water partition coefficient (Wildman–Crippen LogP) is 8.90. The molecule has 26 heteroatoms. The molecular formula is C67H73B2BrCl2N14O7. The number of nitrogens with zero attached hydrogens (tertiary/aromatic N) is 14. The minimum Gasteiger partial charge on any atom is -0.423 e. The zero-order valence-corrected chi connectivity index (χ0v) is 55.4. The molecule has 0 bridgehead atoms. The Labute approximate surface area is 559 Å². The molecule has 4 aliphatic heterocycles. The summed E-state index contributed by atoms with van der Waals surface area (Å²) >= 11 is 14.9. The van der Waals surface area contributed by atoms with Crippen LogP contribution in [-0.2, 0) is 43.2 Å². The highest BCUT2D eigenvalue weighted by atomic mass is 79.9. The number of ether oxygens (including phenoxy) is 3. The molecule has 0 saturated carbocycles. The van der Waals surface area contributed by atoms with Gasteiger partial charge in [-0.1, -0.05) is 96.0 Å². The van der Waals surface area contributed by atoms with Crippen molar-refractivity contribution in [3.05, 3.63) is 208 Å². The van der Waals surface area contributed by atoms with Gasteiger partial charge >= 0.3 is 14.2 Å². The van der Waals surface area contributed by atoms with Gasteiger partial charge in [0.05, 0.1) is 86.5 Å². The van der Waals surface area contributed by atoms with Gasteiger partial charge in [0.25, 0.3) is 0 Å². The van der Waals surface area contributed by atoms with Gasteiger partial charge in [-0.05, 0) is 132 Å². The van der Waals surface area contributed by atoms with Crippen LogP contribution in [0.1, 0.15) is 44.4 Å². The lowest BCUT2D eigenvalue weighted by Gasteiger charge is -2.32. The van der Waals surface area contributed by atoms with E-state index in [9.17, 15) is 0 Å². The molecule has 0 unspecified atom stereocenters. The number of hydrogen-bond donors (Lipinski definition) is 2. The van der Waals surface area contributed by atoms with E-state index in [4.69, 9.17) is 61.9 Å². The number of aromatic nitrogens is 11. The number of imidazole rings is 3. The number of rotatable bonds is 11. The monoisotopic (exact) mass is 1360 g/mol. The molecule has 0 spiro atoms. The molecule has 0 aliphatic carbocycles. The maximum atomic E-state index is 8.55. The molecule has 0 atom stereocenters. The largest absolute Gasteiger partial charge is 0.494 e. The first-order valence-corrected chi connectivity index (χ1v) is 32.4. The summed E-state index contributed by atoms with van der Waals surface area (Å²) in [7, 11) is -1.66. The van der Waals surface area contributed by atoms with Crippen molar-refractivity contribution in [2.24, 2.45) is 0 Å². The molecule has 4 saturated heterocycles. The van der Waals surface area contributed by atoms with Crippen LogP contribution in [0.4, 0.5) is 0 Å². The van der Waals surface area contributed by atoms with Crippen molar-refractivity contribution in [3.8, 4) is 33.8 Å². The first-order valence-electron chi connectivity index (χ1n) is 30.8. The Morgan fingerprint density at radius 1 is 0.462 bits per heavy atom. The number of pyridine rings is 2. The molecule has 8 aromatic heterocycles. The number of benzene rings is 3. The van der Waals surface area contributed by atoms with Gasteiger partial charge in [0, 0.05) is 100 Å². The Morgan fingerprint density at radius 3 is 1.29 bits per heavy atom. The van der Waals surface area contributed by atoms with Gasteiger partial charge in [0.15, 0.2) is 16.9 Å². The molecule has 4 fully saturated rings. The quantitative estimate of drug-likeness (QED) is 0.116. The Hall–Kier alpha value is -7.39. The lowest BCUT2D eigenvalue weighted by atomic mass is 9.79. The second-order valence-corrected chi connectivity index (χ2v) is 25.1. The van der Waals surface area contributed by atoms with E-state index in [2.05, 4.69) is 166 Å². The summed E-state index contributed by atoms with van der Waals surface area (Å²) in [6, 6.07) is 44.0. The molecule has 2 N–H and O–H groups in total. The number of halogens is 3. The average molecular weight is 1360 g/mol. The van der Waals surface area contributed by atoms with Crippen LogP contribution < -0.4 is 10.9 Å². The zero-order chi connectivity index (χ0) is 64.7. The van der Waals surface area contributed by atoms with Gasteiger partial charge in [0.2, 0.25) is 0 Å². The van der Waals surface area contributed by atoms with Crippen LogP contribution in [0.3, 0.4) is 0 Å². The molecule has 0 radical (unpaired) electrons. The first kappa shape index (κ1) is 67.0. The van der Waals surface area contributed by atoms with Crippen molar-refractivity contribution < 1.29 is 33.6 Å². The third-order valence-electron chi connectivity index (χ3n) is 16.5. The minimum atomic E-state index is -1.38. The van der Waals surface area contributed by atoms with Crippen LogP contribution in [0.2, 0.25) is 10.3 Å². The molecule has 12 heterocycles. The van der Waals surface area contributed by atoms with E-state index in [0.29, 0.717) is 15.8 Å². The summed E-state index contributed by atoms with van der Waals surface area (Å²) in [5.41, 5.74) is 13.4. The number of morpholine rings is 3. The predicted molar refractivity (Wildman–Crippen MR) is 365 cm³/mol. The topological polar surface area (TPSA) is 213 Å². The van der Waals surface area contributed by atoms with Gasteiger partial charge in [0.1, 0.15) is 14.9 Å². The molecule has 0 amide bonds. The average Bonchev–Trinajstić information content (AvgIpc) is 1.72. The van der Waals surface area contributed by atoms with Crippen molar-refractivity contribution >= 4 is 81.2 Å². The van der Waals surface area contributed by atoms with E-state index in [-0.39, 0.29) is 18.3 Å². The van der Waals surface area contributed by atoms with Crippen molar-refractivity contribution in [1.29, 1.82) is 0 Å². The first-order chi connectivity index (χ1) is 45.1. The highest BCUT2D eigenvalue weighted by molar-refractivity contribution is 9.10. The lowest BCUT2D eigenvalue weighted by molar-refractivity contribution is 0.00578. The fraction of sp³-hybridized carbons (Fsp3) is 0.313. The van der Waals surface area contributed by atoms with Crippen molar-refractivity contribution in [2.75, 3.05) is 78.9 Å². The van der Waals surface area contributed by atoms with E-state index in [0.717, 1.165) is 159 Å². The molecule has 11 aromatic rings. The fourth-order valence-electron chi connectivity index (χ4n) is 10.5. The zero-order valence-electron chi connectivity index (χ0n) is 52.3. The van der Waals surface area contributed by atoms with Crippen LogP contribution in [0.25, 0.3) is 50.7 Å². The van der Waals surface area contributed by atoms with E-state index < -0.39 is 7.12 Å². The Bertz CT molecular complexity index is 4130. The Balaban J connectivity index is 0.000000125. The molecule has 4 aliphatic rings. The van der Waals surface area contributed by atoms with Gasteiger partial charge < -0.3 is 33.6 Å². The number of fused-ring (bicyclic) bond motifs is 3. The Kier molecular flexibility index (Phi) is 22.8. The Morgan fingerprint density at radius 2 is 0.849 bits per heavy atom. The lowest BCUT2D eigenvalue weighted by Crippen LogP contribution is -2.41. The summed E-state index contributed by atoms with van der Waals surface area (Å²) in [6.07, 6.45) is 12.0. The summed E-state index contributed by atoms with van der Waals surface area (Å²) < 4.78 is 34.5. The molecule has 15 rings (SSSR count). The van der Waals surface area contributed by atoms with Gasteiger partial charge in [-0.2, -0.15) is 15.3 Å². The van der Waals surface area contributed by atoms with Gasteiger partial charge in [-0.25, -0.2) is 28.5 Å². The van der Waals surface area contributed by atoms with E-state index in [1.165, 1.54) is 29.1 Å². The highest BCUT2D eigenvalue weighted by Gasteiger charge is 2.51. The smallest absolute Gasteiger partial charge is 0.423 e. The van der Waals surface area contributed by atoms with E-state index in [1.54, 1.807) is 58.0 Å². The fourth-order valence-corrected chi connectivity index (χ4v) is 11.2.